The Balaban J connectivity index is 1.48. The van der Waals surface area contributed by atoms with Crippen LogP contribution in [0.3, 0.4) is 0 Å². The largest absolute Gasteiger partial charge is 0.370 e. The van der Waals surface area contributed by atoms with Gasteiger partial charge in [0.2, 0.25) is 0 Å². The third kappa shape index (κ3) is 4.68. The molecule has 7 nitrogen and oxygen atoms in total. The van der Waals surface area contributed by atoms with Crippen molar-refractivity contribution in [1.82, 2.24) is 15.2 Å². The van der Waals surface area contributed by atoms with Gasteiger partial charge in [0.15, 0.2) is 5.79 Å². The number of nitrogens with zero attached hydrogens (tertiary/aromatic N) is 3. The van der Waals surface area contributed by atoms with E-state index in [9.17, 15) is 4.79 Å². The second-order valence-electron chi connectivity index (χ2n) is 6.91. The molecule has 1 aromatic rings. The molecule has 0 bridgehead atoms. The van der Waals surface area contributed by atoms with Gasteiger partial charge in [0.25, 0.3) is 5.91 Å². The van der Waals surface area contributed by atoms with Crippen LogP contribution in [0.1, 0.15) is 29.8 Å². The maximum absolute atomic E-state index is 12.1. The van der Waals surface area contributed by atoms with Crippen molar-refractivity contribution in [2.24, 2.45) is 0 Å². The number of aromatic nitrogens is 1. The lowest BCUT2D eigenvalue weighted by Crippen LogP contribution is -2.45. The SMILES string of the molecule is CN(C)CCCNC(=O)c1ccc(N2CCC3(CC2)OCCO3)cn1. The molecule has 0 saturated carbocycles. The second kappa shape index (κ2) is 8.12. The molecular weight excluding hydrogens is 320 g/mol. The van der Waals surface area contributed by atoms with Crippen molar-refractivity contribution in [3.05, 3.63) is 24.0 Å². The average Bonchev–Trinajstić information content (AvgIpc) is 3.07. The molecule has 3 rings (SSSR count). The van der Waals surface area contributed by atoms with Gasteiger partial charge < -0.3 is 24.6 Å². The van der Waals surface area contributed by atoms with Gasteiger partial charge >= 0.3 is 0 Å². The molecule has 1 spiro atoms. The zero-order chi connectivity index (χ0) is 17.7. The summed E-state index contributed by atoms with van der Waals surface area (Å²) in [6.45, 7) is 4.75. The molecule has 1 amide bonds. The lowest BCUT2D eigenvalue weighted by molar-refractivity contribution is -0.169. The third-order valence-electron chi connectivity index (χ3n) is 4.75. The van der Waals surface area contributed by atoms with Crippen LogP contribution in [-0.4, -0.2) is 75.1 Å². The molecule has 0 unspecified atom stereocenters. The molecule has 138 valence electrons. The first-order valence-corrected chi connectivity index (χ1v) is 9.00. The fraction of sp³-hybridized carbons (Fsp3) is 0.667. The molecule has 2 aliphatic rings. The van der Waals surface area contributed by atoms with Gasteiger partial charge in [-0.05, 0) is 39.2 Å². The summed E-state index contributed by atoms with van der Waals surface area (Å²) in [7, 11) is 4.05. The van der Waals surface area contributed by atoms with E-state index in [1.54, 1.807) is 12.3 Å². The fourth-order valence-corrected chi connectivity index (χ4v) is 3.29. The van der Waals surface area contributed by atoms with Crippen LogP contribution in [0.15, 0.2) is 18.3 Å². The van der Waals surface area contributed by atoms with E-state index in [-0.39, 0.29) is 11.7 Å². The number of pyridine rings is 1. The van der Waals surface area contributed by atoms with E-state index in [4.69, 9.17) is 9.47 Å². The number of hydrogen-bond donors (Lipinski definition) is 1. The molecule has 7 heteroatoms. The quantitative estimate of drug-likeness (QED) is 0.777. The number of ether oxygens (including phenoxy) is 2. The molecule has 0 aromatic carbocycles. The Bertz CT molecular complexity index is 560. The third-order valence-corrected chi connectivity index (χ3v) is 4.75. The van der Waals surface area contributed by atoms with Gasteiger partial charge in [-0.25, -0.2) is 4.98 Å². The Kier molecular flexibility index (Phi) is 5.88. The summed E-state index contributed by atoms with van der Waals surface area (Å²) >= 11 is 0. The average molecular weight is 348 g/mol. The van der Waals surface area contributed by atoms with Crippen LogP contribution in [0, 0.1) is 0 Å². The van der Waals surface area contributed by atoms with Crippen molar-refractivity contribution in [2.45, 2.75) is 25.0 Å². The molecule has 0 radical (unpaired) electrons. The maximum Gasteiger partial charge on any atom is 0.269 e. The monoisotopic (exact) mass is 348 g/mol. The standard InChI is InChI=1S/C18H28N4O3/c1-21(2)9-3-8-19-17(23)16-5-4-15(14-20-16)22-10-6-18(7-11-22)24-12-13-25-18/h4-5,14H,3,6-13H2,1-2H3,(H,19,23). The smallest absolute Gasteiger partial charge is 0.269 e. The van der Waals surface area contributed by atoms with Crippen molar-refractivity contribution in [1.29, 1.82) is 0 Å². The number of nitrogens with one attached hydrogen (secondary N) is 1. The molecule has 1 N–H and O–H groups in total. The van der Waals surface area contributed by atoms with Crippen molar-refractivity contribution in [3.8, 4) is 0 Å². The molecule has 2 fully saturated rings. The Labute approximate surface area is 149 Å². The van der Waals surface area contributed by atoms with Crippen molar-refractivity contribution < 1.29 is 14.3 Å². The first-order chi connectivity index (χ1) is 12.1. The number of anilines is 1. The van der Waals surface area contributed by atoms with Crippen LogP contribution in [0.4, 0.5) is 5.69 Å². The van der Waals surface area contributed by atoms with E-state index >= 15 is 0 Å². The Hall–Kier alpha value is -1.70. The highest BCUT2D eigenvalue weighted by molar-refractivity contribution is 5.92. The zero-order valence-corrected chi connectivity index (χ0v) is 15.2. The van der Waals surface area contributed by atoms with E-state index in [0.29, 0.717) is 25.5 Å². The number of rotatable bonds is 6. The van der Waals surface area contributed by atoms with E-state index in [2.05, 4.69) is 20.1 Å². The van der Waals surface area contributed by atoms with Gasteiger partial charge in [-0.3, -0.25) is 4.79 Å². The molecule has 0 atom stereocenters. The predicted octanol–water partition coefficient (Wildman–Crippen LogP) is 1.11. The summed E-state index contributed by atoms with van der Waals surface area (Å²) in [5.74, 6) is -0.480. The summed E-state index contributed by atoms with van der Waals surface area (Å²) in [6, 6.07) is 3.76. The Morgan fingerprint density at radius 3 is 2.60 bits per heavy atom. The van der Waals surface area contributed by atoms with E-state index in [1.165, 1.54) is 0 Å². The van der Waals surface area contributed by atoms with E-state index in [1.807, 2.05) is 20.2 Å². The van der Waals surface area contributed by atoms with Crippen molar-refractivity contribution in [3.63, 3.8) is 0 Å². The highest BCUT2D eigenvalue weighted by atomic mass is 16.7. The van der Waals surface area contributed by atoms with Gasteiger partial charge in [-0.1, -0.05) is 0 Å². The van der Waals surface area contributed by atoms with Gasteiger partial charge in [0.1, 0.15) is 5.69 Å². The topological polar surface area (TPSA) is 66.9 Å². The summed E-state index contributed by atoms with van der Waals surface area (Å²) < 4.78 is 11.5. The van der Waals surface area contributed by atoms with Crippen LogP contribution in [0.2, 0.25) is 0 Å². The summed E-state index contributed by atoms with van der Waals surface area (Å²) in [5.41, 5.74) is 1.50. The lowest BCUT2D eigenvalue weighted by Gasteiger charge is -2.38. The molecule has 3 heterocycles. The summed E-state index contributed by atoms with van der Waals surface area (Å²) in [4.78, 5) is 20.8. The lowest BCUT2D eigenvalue weighted by atomic mass is 10.0. The molecule has 0 aliphatic carbocycles. The van der Waals surface area contributed by atoms with E-state index < -0.39 is 0 Å². The highest BCUT2D eigenvalue weighted by Crippen LogP contribution is 2.32. The van der Waals surface area contributed by atoms with Crippen LogP contribution in [0.25, 0.3) is 0 Å². The van der Waals surface area contributed by atoms with Crippen LogP contribution >= 0.6 is 0 Å². The molecule has 1 aromatic heterocycles. The number of carbonyl (C=O) groups is 1. The molecule has 25 heavy (non-hydrogen) atoms. The molecular formula is C18H28N4O3. The van der Waals surface area contributed by atoms with Gasteiger partial charge in [-0.15, -0.1) is 0 Å². The number of amides is 1. The van der Waals surface area contributed by atoms with Gasteiger partial charge in [-0.2, -0.15) is 0 Å². The minimum Gasteiger partial charge on any atom is -0.370 e. The first-order valence-electron chi connectivity index (χ1n) is 9.00. The summed E-state index contributed by atoms with van der Waals surface area (Å²) in [6.07, 6.45) is 4.43. The van der Waals surface area contributed by atoms with Crippen LogP contribution in [0.5, 0.6) is 0 Å². The van der Waals surface area contributed by atoms with Crippen molar-refractivity contribution in [2.75, 3.05) is 58.4 Å². The first kappa shape index (κ1) is 18.1. The Morgan fingerprint density at radius 2 is 2.00 bits per heavy atom. The number of piperidine rings is 1. The Morgan fingerprint density at radius 1 is 1.28 bits per heavy atom. The van der Waals surface area contributed by atoms with Gasteiger partial charge in [0, 0.05) is 32.5 Å². The summed E-state index contributed by atoms with van der Waals surface area (Å²) in [5, 5.41) is 2.91. The normalized spacial score (nSPS) is 19.6. The second-order valence-corrected chi connectivity index (χ2v) is 6.91. The fourth-order valence-electron chi connectivity index (χ4n) is 3.29. The van der Waals surface area contributed by atoms with Gasteiger partial charge in [0.05, 0.1) is 25.1 Å². The zero-order valence-electron chi connectivity index (χ0n) is 15.2. The van der Waals surface area contributed by atoms with Crippen LogP contribution < -0.4 is 10.2 Å². The highest BCUT2D eigenvalue weighted by Gasteiger charge is 2.39. The minimum absolute atomic E-state index is 0.115. The van der Waals surface area contributed by atoms with Crippen LogP contribution in [-0.2, 0) is 9.47 Å². The number of hydrogen-bond acceptors (Lipinski definition) is 6. The maximum atomic E-state index is 12.1. The number of carbonyl (C=O) groups excluding carboxylic acids is 1. The molecule has 2 aliphatic heterocycles. The minimum atomic E-state index is -0.365. The van der Waals surface area contributed by atoms with Crippen molar-refractivity contribution >= 4 is 11.6 Å². The molecule has 2 saturated heterocycles. The van der Waals surface area contributed by atoms with E-state index in [0.717, 1.165) is 44.6 Å². The predicted molar refractivity (Wildman–Crippen MR) is 95.8 cm³/mol.